The molecule has 0 radical (unpaired) electrons. The number of carbonyl (C=O) groups excluding carboxylic acids is 4. The maximum Gasteiger partial charge on any atom is 0.416 e. The number of urea groups is 2. The number of fused-ring (bicyclic) bond motifs is 3. The molecule has 0 unspecified atom stereocenters. The molecule has 1 atom stereocenters. The first-order chi connectivity index (χ1) is 20.5. The Hall–Kier alpha value is -4.33. The van der Waals surface area contributed by atoms with Gasteiger partial charge in [0.05, 0.1) is 22.3 Å². The standard InChI is InChI=1S/C28H27ClF3N7O4/c29-21-9-16-10-22(34-26(42)37-7-5-18(6-8-37)39-14-23(40)35-27(39)43)25(41)38(13-20(16)19-11-33-36-24(19)21)12-15-1-3-17(4-2-15)28(30,31)32/h1-4,9,11,18,22H,5-8,10,12-14H2,(H,33,36)(H,34,42)(H,35,40,43)/t22-/m0/s1. The molecule has 2 saturated heterocycles. The third kappa shape index (κ3) is 5.70. The molecule has 11 nitrogen and oxygen atoms in total. The SMILES string of the molecule is O=C1CN(C2CCN(C(=O)N[C@H]3Cc4cc(Cl)c5[nH]ncc5c4CN(Cc4ccc(C(F)(F)F)cc4)C3=O)CC2)C(=O)N1. The summed E-state index contributed by atoms with van der Waals surface area (Å²) < 4.78 is 39.3. The Morgan fingerprint density at radius 1 is 1.09 bits per heavy atom. The zero-order valence-electron chi connectivity index (χ0n) is 22.7. The van der Waals surface area contributed by atoms with E-state index in [2.05, 4.69) is 20.8 Å². The van der Waals surface area contributed by atoms with Crippen molar-refractivity contribution in [2.45, 2.75) is 50.6 Å². The number of hydrogen-bond donors (Lipinski definition) is 3. The first-order valence-electron chi connectivity index (χ1n) is 13.7. The summed E-state index contributed by atoms with van der Waals surface area (Å²) in [4.78, 5) is 55.4. The Kier molecular flexibility index (Phi) is 7.40. The largest absolute Gasteiger partial charge is 0.416 e. The van der Waals surface area contributed by atoms with Crippen LogP contribution in [-0.4, -0.2) is 80.5 Å². The van der Waals surface area contributed by atoms with E-state index < -0.39 is 29.8 Å². The van der Waals surface area contributed by atoms with E-state index in [0.717, 1.165) is 23.3 Å². The number of piperidine rings is 1. The van der Waals surface area contributed by atoms with Gasteiger partial charge in [-0.2, -0.15) is 18.3 Å². The summed E-state index contributed by atoms with van der Waals surface area (Å²) in [5.74, 6) is -0.745. The minimum atomic E-state index is -4.48. The van der Waals surface area contributed by atoms with Crippen molar-refractivity contribution in [3.63, 3.8) is 0 Å². The monoisotopic (exact) mass is 617 g/mol. The van der Waals surface area contributed by atoms with Crippen molar-refractivity contribution in [3.8, 4) is 0 Å². The second-order valence-corrected chi connectivity index (χ2v) is 11.4. The number of amides is 6. The van der Waals surface area contributed by atoms with Crippen LogP contribution in [0.15, 0.2) is 36.5 Å². The first-order valence-corrected chi connectivity index (χ1v) is 14.1. The van der Waals surface area contributed by atoms with Gasteiger partial charge in [-0.1, -0.05) is 23.7 Å². The number of nitrogens with one attached hydrogen (secondary N) is 3. The Balaban J connectivity index is 1.22. The van der Waals surface area contributed by atoms with Gasteiger partial charge in [-0.25, -0.2) is 9.59 Å². The zero-order chi connectivity index (χ0) is 30.5. The van der Waals surface area contributed by atoms with Gasteiger partial charge in [0.1, 0.15) is 12.6 Å². The second kappa shape index (κ2) is 11.1. The molecule has 3 N–H and O–H groups in total. The highest BCUT2D eigenvalue weighted by Crippen LogP contribution is 2.33. The van der Waals surface area contributed by atoms with Crippen LogP contribution in [-0.2, 0) is 35.3 Å². The van der Waals surface area contributed by atoms with Crippen molar-refractivity contribution in [2.75, 3.05) is 19.6 Å². The van der Waals surface area contributed by atoms with E-state index in [1.54, 1.807) is 17.2 Å². The molecule has 0 spiro atoms. The van der Waals surface area contributed by atoms with Crippen LogP contribution >= 0.6 is 11.6 Å². The highest BCUT2D eigenvalue weighted by molar-refractivity contribution is 6.35. The van der Waals surface area contributed by atoms with E-state index in [1.165, 1.54) is 21.9 Å². The van der Waals surface area contributed by atoms with Gasteiger partial charge in [-0.15, -0.1) is 0 Å². The van der Waals surface area contributed by atoms with Crippen molar-refractivity contribution in [1.29, 1.82) is 0 Å². The van der Waals surface area contributed by atoms with E-state index in [4.69, 9.17) is 11.6 Å². The van der Waals surface area contributed by atoms with E-state index in [-0.39, 0.29) is 43.9 Å². The van der Waals surface area contributed by atoms with Crippen molar-refractivity contribution >= 4 is 46.4 Å². The Morgan fingerprint density at radius 2 is 1.81 bits per heavy atom. The summed E-state index contributed by atoms with van der Waals surface area (Å²) >= 11 is 6.49. The number of aromatic amines is 1. The number of imide groups is 1. The van der Waals surface area contributed by atoms with E-state index in [9.17, 15) is 32.3 Å². The van der Waals surface area contributed by atoms with Gasteiger partial charge in [0.15, 0.2) is 0 Å². The lowest BCUT2D eigenvalue weighted by Crippen LogP contribution is -2.55. The van der Waals surface area contributed by atoms with Crippen LogP contribution < -0.4 is 10.6 Å². The lowest BCUT2D eigenvalue weighted by Gasteiger charge is -2.36. The van der Waals surface area contributed by atoms with Gasteiger partial charge >= 0.3 is 18.2 Å². The lowest BCUT2D eigenvalue weighted by molar-refractivity contribution is -0.137. The van der Waals surface area contributed by atoms with Crippen LogP contribution in [0.2, 0.25) is 5.02 Å². The maximum atomic E-state index is 13.9. The summed E-state index contributed by atoms with van der Waals surface area (Å²) in [7, 11) is 0. The van der Waals surface area contributed by atoms with Crippen LogP contribution in [0.5, 0.6) is 0 Å². The van der Waals surface area contributed by atoms with Gasteiger partial charge in [-0.05, 0) is 47.7 Å². The maximum absolute atomic E-state index is 13.9. The fraction of sp³-hybridized carbons (Fsp3) is 0.393. The molecule has 6 rings (SSSR count). The van der Waals surface area contributed by atoms with E-state index in [0.29, 0.717) is 47.4 Å². The number of rotatable bonds is 4. The predicted octanol–water partition coefficient (Wildman–Crippen LogP) is 3.41. The number of hydrogen-bond acceptors (Lipinski definition) is 5. The van der Waals surface area contributed by atoms with Gasteiger partial charge in [0, 0.05) is 44.0 Å². The van der Waals surface area contributed by atoms with Crippen molar-refractivity contribution in [2.24, 2.45) is 0 Å². The molecule has 226 valence electrons. The normalized spacial score (nSPS) is 20.0. The van der Waals surface area contributed by atoms with Crippen molar-refractivity contribution in [1.82, 2.24) is 35.5 Å². The van der Waals surface area contributed by atoms with Gasteiger partial charge < -0.3 is 20.0 Å². The molecule has 0 saturated carbocycles. The third-order valence-corrected chi connectivity index (χ3v) is 8.54. The fourth-order valence-electron chi connectivity index (χ4n) is 5.99. The molecule has 0 bridgehead atoms. The van der Waals surface area contributed by atoms with Crippen LogP contribution in [0.25, 0.3) is 10.9 Å². The summed E-state index contributed by atoms with van der Waals surface area (Å²) in [6.45, 7) is 0.794. The highest BCUT2D eigenvalue weighted by atomic mass is 35.5. The molecule has 3 aliphatic rings. The quantitative estimate of drug-likeness (QED) is 0.386. The lowest BCUT2D eigenvalue weighted by atomic mass is 9.98. The minimum Gasteiger partial charge on any atom is -0.332 e. The summed E-state index contributed by atoms with van der Waals surface area (Å²) in [5, 5.41) is 13.2. The topological polar surface area (TPSA) is 131 Å². The van der Waals surface area contributed by atoms with Gasteiger partial charge in [0.25, 0.3) is 0 Å². The molecule has 4 heterocycles. The molecule has 3 aliphatic heterocycles. The molecule has 15 heteroatoms. The third-order valence-electron chi connectivity index (χ3n) is 8.24. The number of benzene rings is 2. The molecule has 2 fully saturated rings. The molecule has 6 amide bonds. The van der Waals surface area contributed by atoms with Crippen LogP contribution in [0.1, 0.15) is 35.1 Å². The van der Waals surface area contributed by atoms with E-state index in [1.807, 2.05) is 0 Å². The molecule has 2 aromatic carbocycles. The number of alkyl halides is 3. The predicted molar refractivity (Wildman–Crippen MR) is 148 cm³/mol. The van der Waals surface area contributed by atoms with Crippen LogP contribution in [0.4, 0.5) is 22.8 Å². The van der Waals surface area contributed by atoms with Gasteiger partial charge in [0.2, 0.25) is 11.8 Å². The number of carbonyl (C=O) groups is 4. The van der Waals surface area contributed by atoms with Gasteiger partial charge in [-0.3, -0.25) is 20.0 Å². The first kappa shape index (κ1) is 28.8. The Bertz CT molecular complexity index is 1600. The number of nitrogens with zero attached hydrogens (tertiary/aromatic N) is 4. The highest BCUT2D eigenvalue weighted by Gasteiger charge is 2.37. The number of likely N-dealkylation sites (tertiary alicyclic amines) is 1. The molecular formula is C28H27ClF3N7O4. The molecule has 3 aromatic rings. The van der Waals surface area contributed by atoms with Crippen molar-refractivity contribution in [3.05, 3.63) is 63.8 Å². The Labute approximate surface area is 248 Å². The number of halogens is 4. The fourth-order valence-corrected chi connectivity index (χ4v) is 6.26. The Morgan fingerprint density at radius 3 is 2.47 bits per heavy atom. The summed E-state index contributed by atoms with van der Waals surface area (Å²) in [5.41, 5.74) is 1.84. The number of aromatic nitrogens is 2. The smallest absolute Gasteiger partial charge is 0.332 e. The number of H-pyrrole nitrogens is 1. The summed E-state index contributed by atoms with van der Waals surface area (Å²) in [6, 6.07) is 4.32. The molecule has 43 heavy (non-hydrogen) atoms. The minimum absolute atomic E-state index is 0.00701. The average molecular weight is 618 g/mol. The molecule has 0 aliphatic carbocycles. The average Bonchev–Trinajstić information content (AvgIpc) is 3.57. The van der Waals surface area contributed by atoms with Crippen molar-refractivity contribution < 1.29 is 32.3 Å². The molecular weight excluding hydrogens is 591 g/mol. The van der Waals surface area contributed by atoms with Crippen LogP contribution in [0, 0.1) is 0 Å². The zero-order valence-corrected chi connectivity index (χ0v) is 23.5. The van der Waals surface area contributed by atoms with Crippen LogP contribution in [0.3, 0.4) is 0 Å². The van der Waals surface area contributed by atoms with E-state index >= 15 is 0 Å². The summed E-state index contributed by atoms with van der Waals surface area (Å²) in [6.07, 6.45) is -1.77. The molecule has 1 aromatic heterocycles. The second-order valence-electron chi connectivity index (χ2n) is 10.9.